The molecule has 0 saturated heterocycles. The molecule has 0 saturated carbocycles. The van der Waals surface area contributed by atoms with E-state index in [0.717, 1.165) is 39.0 Å². The average molecular weight is 631 g/mol. The third-order valence-electron chi connectivity index (χ3n) is 9.08. The van der Waals surface area contributed by atoms with Gasteiger partial charge in [0.25, 0.3) is 0 Å². The highest BCUT2D eigenvalue weighted by atomic mass is 16.3. The van der Waals surface area contributed by atoms with Crippen molar-refractivity contribution in [1.82, 2.24) is 0 Å². The predicted molar refractivity (Wildman–Crippen MR) is 191 cm³/mol. The molecule has 5 aromatic rings. The lowest BCUT2D eigenvalue weighted by atomic mass is 9.73. The number of aromatic hydroxyl groups is 5. The smallest absolute Gasteiger partial charge is 0.119 e. The molecule has 0 aliphatic heterocycles. The van der Waals surface area contributed by atoms with Gasteiger partial charge in [-0.25, -0.2) is 0 Å². The summed E-state index contributed by atoms with van der Waals surface area (Å²) in [5.41, 5.74) is 6.54. The van der Waals surface area contributed by atoms with Crippen LogP contribution in [0.15, 0.2) is 121 Å². The van der Waals surface area contributed by atoms with Gasteiger partial charge in [-0.3, -0.25) is 0 Å². The van der Waals surface area contributed by atoms with Crippen LogP contribution in [0.5, 0.6) is 28.7 Å². The number of benzene rings is 5. The Bertz CT molecular complexity index is 1810. The Hall–Kier alpha value is -5.16. The van der Waals surface area contributed by atoms with Gasteiger partial charge in [0, 0.05) is 21.8 Å². The summed E-state index contributed by atoms with van der Waals surface area (Å²) in [6, 6.07) is 34.6. The van der Waals surface area contributed by atoms with Crippen molar-refractivity contribution in [3.63, 3.8) is 0 Å². The molecule has 5 heteroatoms. The van der Waals surface area contributed by atoms with E-state index >= 15 is 0 Å². The molecule has 5 aromatic carbocycles. The molecule has 0 bridgehead atoms. The van der Waals surface area contributed by atoms with Crippen molar-refractivity contribution in [1.29, 1.82) is 0 Å². The normalized spacial score (nSPS) is 12.3. The van der Waals surface area contributed by atoms with E-state index in [1.165, 1.54) is 0 Å². The molecule has 5 N–H and O–H groups in total. The minimum atomic E-state index is -0.432. The number of rotatable bonds is 7. The van der Waals surface area contributed by atoms with Gasteiger partial charge in [0.1, 0.15) is 28.7 Å². The van der Waals surface area contributed by atoms with E-state index in [4.69, 9.17) is 0 Å². The molecule has 0 spiro atoms. The van der Waals surface area contributed by atoms with Gasteiger partial charge in [-0.2, -0.15) is 0 Å². The van der Waals surface area contributed by atoms with E-state index in [1.54, 1.807) is 54.6 Å². The third kappa shape index (κ3) is 8.17. The first-order valence-electron chi connectivity index (χ1n) is 15.7. The van der Waals surface area contributed by atoms with Crippen LogP contribution >= 0.6 is 0 Å². The molecular formula is C42H46O5. The first-order chi connectivity index (χ1) is 22.0. The minimum absolute atomic E-state index is 0.129. The summed E-state index contributed by atoms with van der Waals surface area (Å²) in [5, 5.41) is 48.4. The van der Waals surface area contributed by atoms with E-state index in [-0.39, 0.29) is 39.6 Å². The van der Waals surface area contributed by atoms with Crippen molar-refractivity contribution in [2.24, 2.45) is 0 Å². The van der Waals surface area contributed by atoms with Gasteiger partial charge in [0.05, 0.1) is 0 Å². The zero-order valence-corrected chi connectivity index (χ0v) is 28.3. The molecule has 0 fully saturated rings. The van der Waals surface area contributed by atoms with E-state index in [0.29, 0.717) is 0 Å². The molecule has 0 atom stereocenters. The fourth-order valence-corrected chi connectivity index (χ4v) is 5.83. The molecule has 5 nitrogen and oxygen atoms in total. The lowest BCUT2D eigenvalue weighted by Crippen LogP contribution is -2.23. The van der Waals surface area contributed by atoms with Gasteiger partial charge in [0.15, 0.2) is 0 Å². The zero-order valence-electron chi connectivity index (χ0n) is 28.3. The fourth-order valence-electron chi connectivity index (χ4n) is 5.83. The van der Waals surface area contributed by atoms with Gasteiger partial charge < -0.3 is 25.5 Å². The van der Waals surface area contributed by atoms with Crippen molar-refractivity contribution < 1.29 is 25.5 Å². The number of phenolic OH excluding ortho intramolecular Hbond substituents is 5. The van der Waals surface area contributed by atoms with Gasteiger partial charge in [-0.1, -0.05) is 108 Å². The van der Waals surface area contributed by atoms with Crippen molar-refractivity contribution in [3.8, 4) is 28.7 Å². The Morgan fingerprint density at radius 3 is 1.26 bits per heavy atom. The monoisotopic (exact) mass is 630 g/mol. The Kier molecular flexibility index (Phi) is 10.1. The second kappa shape index (κ2) is 13.7. The summed E-state index contributed by atoms with van der Waals surface area (Å²) in [5.74, 6) is 1.27. The predicted octanol–water partition coefficient (Wildman–Crippen LogP) is 9.93. The highest BCUT2D eigenvalue weighted by molar-refractivity contribution is 5.66. The van der Waals surface area contributed by atoms with E-state index in [1.807, 2.05) is 54.6 Å². The molecular weight excluding hydrogens is 584 g/mol. The van der Waals surface area contributed by atoms with Gasteiger partial charge >= 0.3 is 0 Å². The van der Waals surface area contributed by atoms with Crippen LogP contribution in [-0.2, 0) is 16.2 Å². The van der Waals surface area contributed by atoms with Crippen LogP contribution < -0.4 is 0 Å². The first kappa shape index (κ1) is 34.7. The summed E-state index contributed by atoms with van der Waals surface area (Å²) in [7, 11) is 0. The van der Waals surface area contributed by atoms with Gasteiger partial charge in [-0.05, 0) is 94.9 Å². The highest BCUT2D eigenvalue weighted by Crippen LogP contribution is 2.41. The maximum Gasteiger partial charge on any atom is 0.119 e. The molecule has 0 amide bonds. The van der Waals surface area contributed by atoms with Crippen LogP contribution in [-0.4, -0.2) is 25.5 Å². The van der Waals surface area contributed by atoms with E-state index in [2.05, 4.69) is 60.6 Å². The second-order valence-electron chi connectivity index (χ2n) is 13.7. The third-order valence-corrected chi connectivity index (χ3v) is 9.08. The largest absolute Gasteiger partial charge is 0.508 e. The second-order valence-corrected chi connectivity index (χ2v) is 13.7. The Morgan fingerprint density at radius 1 is 0.447 bits per heavy atom. The lowest BCUT2D eigenvalue weighted by Gasteiger charge is -2.31. The summed E-state index contributed by atoms with van der Waals surface area (Å²) in [6.45, 7) is 14.7. The molecule has 5 rings (SSSR count). The quantitative estimate of drug-likeness (QED) is 0.123. The summed E-state index contributed by atoms with van der Waals surface area (Å²) < 4.78 is 0. The van der Waals surface area contributed by atoms with Crippen molar-refractivity contribution in [3.05, 3.63) is 155 Å². The molecule has 0 aliphatic rings. The standard InChI is InChI=1S/C24H26O3.C18H20O2/c1-23(2,16-5-10-19(25)11-6-16)18-9-14-22(27)21(15-18)24(3,4)17-7-12-20(26)13-8-17;1-13(14-4-8-16(19)9-5-14)12-18(2,3)15-6-10-17(20)11-7-15/h5-15,25-27H,1-4H3;4-12,19-20H,1-3H3. The average Bonchev–Trinajstić information content (AvgIpc) is 3.02. The number of hydrogen-bond donors (Lipinski definition) is 5. The van der Waals surface area contributed by atoms with Crippen molar-refractivity contribution in [2.45, 2.75) is 64.7 Å². The zero-order chi connectivity index (χ0) is 34.6. The van der Waals surface area contributed by atoms with Crippen LogP contribution in [0.3, 0.4) is 0 Å². The molecule has 0 aromatic heterocycles. The number of hydrogen-bond acceptors (Lipinski definition) is 5. The Morgan fingerprint density at radius 2 is 0.809 bits per heavy atom. The highest BCUT2D eigenvalue weighted by Gasteiger charge is 2.30. The Balaban J connectivity index is 0.000000223. The molecule has 47 heavy (non-hydrogen) atoms. The Labute approximate surface area is 278 Å². The van der Waals surface area contributed by atoms with Crippen LogP contribution in [0, 0.1) is 0 Å². The van der Waals surface area contributed by atoms with Gasteiger partial charge in [0.2, 0.25) is 0 Å². The van der Waals surface area contributed by atoms with E-state index in [9.17, 15) is 25.5 Å². The summed E-state index contributed by atoms with van der Waals surface area (Å²) >= 11 is 0. The lowest BCUT2D eigenvalue weighted by molar-refractivity contribution is 0.451. The first-order valence-corrected chi connectivity index (χ1v) is 15.7. The molecule has 244 valence electrons. The molecule has 0 radical (unpaired) electrons. The molecule has 0 unspecified atom stereocenters. The number of phenols is 5. The van der Waals surface area contributed by atoms with Crippen LogP contribution in [0.4, 0.5) is 0 Å². The SMILES string of the molecule is CC(=CC(C)(C)c1ccc(O)cc1)c1ccc(O)cc1.CC(C)(c1ccc(O)cc1)c1ccc(O)c(C(C)(C)c2ccc(O)cc2)c1. The number of allylic oxidation sites excluding steroid dienone is 2. The van der Waals surface area contributed by atoms with Crippen LogP contribution in [0.25, 0.3) is 5.57 Å². The van der Waals surface area contributed by atoms with Crippen LogP contribution in [0.1, 0.15) is 81.8 Å². The summed E-state index contributed by atoms with van der Waals surface area (Å²) in [4.78, 5) is 0. The van der Waals surface area contributed by atoms with Crippen molar-refractivity contribution >= 4 is 5.57 Å². The van der Waals surface area contributed by atoms with Crippen molar-refractivity contribution in [2.75, 3.05) is 0 Å². The van der Waals surface area contributed by atoms with Gasteiger partial charge in [-0.15, -0.1) is 0 Å². The van der Waals surface area contributed by atoms with E-state index < -0.39 is 5.41 Å². The maximum atomic E-state index is 10.6. The molecule has 0 heterocycles. The topological polar surface area (TPSA) is 101 Å². The maximum absolute atomic E-state index is 10.6. The molecule has 0 aliphatic carbocycles. The summed E-state index contributed by atoms with van der Waals surface area (Å²) in [6.07, 6.45) is 2.20. The van der Waals surface area contributed by atoms with Crippen LogP contribution in [0.2, 0.25) is 0 Å². The fraction of sp³-hybridized carbons (Fsp3) is 0.238. The minimum Gasteiger partial charge on any atom is -0.508 e.